The average molecular weight is 782 g/mol. The maximum absolute atomic E-state index is 14.7. The summed E-state index contributed by atoms with van der Waals surface area (Å²) in [5, 5.41) is 85.8. The molecule has 2 aliphatic heterocycles. The molecule has 57 heavy (non-hydrogen) atoms. The minimum atomic E-state index is -3.11. The first-order valence-corrected chi connectivity index (χ1v) is 18.7. The Kier molecular flexibility index (Phi) is 9.71. The van der Waals surface area contributed by atoms with Gasteiger partial charge in [-0.25, -0.2) is 9.78 Å². The number of carboxylic acid groups (broad SMARTS) is 1. The lowest BCUT2D eigenvalue weighted by molar-refractivity contribution is -0.422. The predicted octanol–water partition coefficient (Wildman–Crippen LogP) is 2.58. The van der Waals surface area contributed by atoms with Gasteiger partial charge in [0, 0.05) is 47.4 Å². The molecule has 4 aromatic rings. The van der Waals surface area contributed by atoms with Crippen molar-refractivity contribution in [3.8, 4) is 17.2 Å². The number of aromatic amines is 1. The quantitative estimate of drug-likeness (QED) is 0.0639. The van der Waals surface area contributed by atoms with Crippen molar-refractivity contribution >= 4 is 23.6 Å². The normalized spacial score (nSPS) is 30.1. The number of nitrogens with one attached hydrogen (secondary N) is 1. The third kappa shape index (κ3) is 6.18. The van der Waals surface area contributed by atoms with Crippen LogP contribution in [0.15, 0.2) is 91.4 Å². The lowest BCUT2D eigenvalue weighted by Crippen LogP contribution is -2.67. The van der Waals surface area contributed by atoms with Gasteiger partial charge in [0.2, 0.25) is 0 Å². The molecule has 8 atom stereocenters. The molecule has 3 heterocycles. The molecule has 8 rings (SSSR count). The van der Waals surface area contributed by atoms with Gasteiger partial charge in [0.25, 0.3) is 5.91 Å². The monoisotopic (exact) mass is 781 g/mol. The number of benzene rings is 3. The molecule has 9 N–H and O–H groups in total. The Bertz CT molecular complexity index is 2220. The summed E-state index contributed by atoms with van der Waals surface area (Å²) in [7, 11) is 0. The molecule has 15 nitrogen and oxygen atoms in total. The highest BCUT2D eigenvalue weighted by molar-refractivity contribution is 6.13. The molecule has 0 spiro atoms. The number of hydrogen-bond donors (Lipinski definition) is 9. The SMILES string of the molecule is O=C(/C=C/c1ccc(O)c(Cc2cnc[nH]2)c1)N1c2cc(O[C@]3(O)O[C@H](CO)[C@@H](O)[C@H](O)[C@H]3O)c(O)cc2[C@H]2[C@H](C3(c4ccccc4)CCCC3)C=C[C@]21C(=O)O. The standard InChI is InChI=1S/C42H43N3O12/c46-21-33-36(50)37(51)38(52)42(55,57-33)56-32-19-29-27(18-31(32)48)35-28(40(13-4-5-14-40)25-6-2-1-3-7-25)12-15-41(35,39(53)54)45(29)34(49)11-9-23-8-10-30(47)24(16-23)17-26-20-43-22-44-26/h1-3,6-12,15-16,18-20,22,28,33,35-38,46-48,50-52,55H,4-5,13-14,17,21H2,(H,43,44)(H,53,54)/b11-9+/t28-,33-,35+,36-,37+,38-,41-,42+/m1/s1. The highest BCUT2D eigenvalue weighted by atomic mass is 16.8. The Balaban J connectivity index is 1.24. The number of imidazole rings is 1. The van der Waals surface area contributed by atoms with Crippen LogP contribution >= 0.6 is 0 Å². The third-order valence-corrected chi connectivity index (χ3v) is 12.1. The fraction of sp³-hybridized carbons (Fsp3) is 0.357. The first-order chi connectivity index (χ1) is 27.3. The van der Waals surface area contributed by atoms with Gasteiger partial charge in [0.1, 0.15) is 24.1 Å². The van der Waals surface area contributed by atoms with Gasteiger partial charge < -0.3 is 55.3 Å². The highest BCUT2D eigenvalue weighted by Gasteiger charge is 2.66. The summed E-state index contributed by atoms with van der Waals surface area (Å²) in [5.74, 6) is -7.69. The number of ether oxygens (including phenoxy) is 2. The van der Waals surface area contributed by atoms with Gasteiger partial charge in [0.15, 0.2) is 23.1 Å². The van der Waals surface area contributed by atoms with Gasteiger partial charge in [-0.3, -0.25) is 9.69 Å². The second kappa shape index (κ2) is 14.4. The number of aromatic hydroxyl groups is 2. The van der Waals surface area contributed by atoms with E-state index in [1.165, 1.54) is 36.7 Å². The molecule has 1 aromatic heterocycles. The first-order valence-electron chi connectivity index (χ1n) is 18.7. The number of fused-ring (bicyclic) bond motifs is 3. The van der Waals surface area contributed by atoms with Crippen LogP contribution in [0.5, 0.6) is 17.2 Å². The Morgan fingerprint density at radius 1 is 1.00 bits per heavy atom. The van der Waals surface area contributed by atoms with Crippen LogP contribution in [-0.2, 0) is 26.2 Å². The number of carbonyl (C=O) groups is 2. The van der Waals surface area contributed by atoms with Crippen molar-refractivity contribution in [1.29, 1.82) is 0 Å². The summed E-state index contributed by atoms with van der Waals surface area (Å²) in [5.41, 5.74) is 0.687. The summed E-state index contributed by atoms with van der Waals surface area (Å²) >= 11 is 0. The maximum atomic E-state index is 14.7. The summed E-state index contributed by atoms with van der Waals surface area (Å²) in [6, 6.07) is 17.0. The van der Waals surface area contributed by atoms with Crippen LogP contribution in [-0.4, -0.2) is 105 Å². The largest absolute Gasteiger partial charge is 0.508 e. The van der Waals surface area contributed by atoms with Gasteiger partial charge in [-0.15, -0.1) is 0 Å². The van der Waals surface area contributed by atoms with Gasteiger partial charge in [0.05, 0.1) is 18.6 Å². The van der Waals surface area contributed by atoms with Gasteiger partial charge in [-0.1, -0.05) is 61.4 Å². The van der Waals surface area contributed by atoms with Crippen LogP contribution in [0.4, 0.5) is 5.69 Å². The molecule has 0 radical (unpaired) electrons. The van der Waals surface area contributed by atoms with Crippen molar-refractivity contribution in [1.82, 2.24) is 9.97 Å². The summed E-state index contributed by atoms with van der Waals surface area (Å²) in [6.45, 7) is -0.882. The van der Waals surface area contributed by atoms with Gasteiger partial charge in [-0.2, -0.15) is 0 Å². The number of rotatable bonds is 10. The van der Waals surface area contributed by atoms with E-state index in [0.29, 0.717) is 23.1 Å². The van der Waals surface area contributed by atoms with Crippen molar-refractivity contribution in [2.45, 2.75) is 79.4 Å². The number of carboxylic acids is 1. The lowest BCUT2D eigenvalue weighted by atomic mass is 9.62. The van der Waals surface area contributed by atoms with Crippen molar-refractivity contribution in [2.75, 3.05) is 11.5 Å². The maximum Gasteiger partial charge on any atom is 0.355 e. The Morgan fingerprint density at radius 3 is 2.44 bits per heavy atom. The molecule has 0 unspecified atom stereocenters. The zero-order chi connectivity index (χ0) is 40.3. The Labute approximate surface area is 326 Å². The molecular weight excluding hydrogens is 738 g/mol. The average Bonchev–Trinajstić information content (AvgIpc) is 4.02. The molecule has 1 saturated heterocycles. The van der Waals surface area contributed by atoms with Crippen LogP contribution in [0.1, 0.15) is 59.5 Å². The number of amides is 1. The van der Waals surface area contributed by atoms with Crippen molar-refractivity contribution < 1.29 is 59.9 Å². The summed E-state index contributed by atoms with van der Waals surface area (Å²) in [6.07, 6.45) is 5.13. The molecule has 1 saturated carbocycles. The van der Waals surface area contributed by atoms with Gasteiger partial charge >= 0.3 is 11.9 Å². The zero-order valence-electron chi connectivity index (χ0n) is 30.5. The van der Waals surface area contributed by atoms with E-state index in [2.05, 4.69) is 9.97 Å². The molecule has 0 bridgehead atoms. The van der Waals surface area contributed by atoms with Crippen LogP contribution in [0, 0.1) is 5.92 Å². The minimum absolute atomic E-state index is 0.0271. The topological polar surface area (TPSA) is 246 Å². The number of aromatic nitrogens is 2. The van der Waals surface area contributed by atoms with E-state index in [0.717, 1.165) is 47.9 Å². The number of phenols is 2. The molecule has 3 aromatic carbocycles. The number of phenolic OH excluding ortho intramolecular Hbond substituents is 2. The fourth-order valence-electron chi connectivity index (χ4n) is 9.42. The summed E-state index contributed by atoms with van der Waals surface area (Å²) in [4.78, 5) is 36.6. The molecule has 2 aliphatic carbocycles. The van der Waals surface area contributed by atoms with E-state index >= 15 is 0 Å². The number of aliphatic hydroxyl groups excluding tert-OH is 4. The number of anilines is 1. The van der Waals surface area contributed by atoms with Crippen LogP contribution in [0.3, 0.4) is 0 Å². The molecule has 2 fully saturated rings. The molecule has 1 amide bonds. The second-order valence-electron chi connectivity index (χ2n) is 15.2. The smallest absolute Gasteiger partial charge is 0.355 e. The number of aliphatic carboxylic acids is 1. The van der Waals surface area contributed by atoms with E-state index in [1.54, 1.807) is 18.3 Å². The second-order valence-corrected chi connectivity index (χ2v) is 15.2. The number of H-pyrrole nitrogens is 1. The third-order valence-electron chi connectivity index (χ3n) is 12.1. The fourth-order valence-corrected chi connectivity index (χ4v) is 9.42. The number of carbonyl (C=O) groups excluding carboxylic acids is 1. The predicted molar refractivity (Wildman–Crippen MR) is 202 cm³/mol. The molecular formula is C42H43N3O12. The highest BCUT2D eigenvalue weighted by Crippen LogP contribution is 2.64. The van der Waals surface area contributed by atoms with E-state index < -0.39 is 83.2 Å². The minimum Gasteiger partial charge on any atom is -0.508 e. The molecule has 298 valence electrons. The van der Waals surface area contributed by atoms with Crippen molar-refractivity contribution in [3.63, 3.8) is 0 Å². The Hall–Kier alpha value is -5.55. The van der Waals surface area contributed by atoms with Crippen LogP contribution < -0.4 is 9.64 Å². The summed E-state index contributed by atoms with van der Waals surface area (Å²) < 4.78 is 10.9. The van der Waals surface area contributed by atoms with E-state index in [4.69, 9.17) is 9.47 Å². The zero-order valence-corrected chi connectivity index (χ0v) is 30.5. The van der Waals surface area contributed by atoms with Gasteiger partial charge in [-0.05, 0) is 59.7 Å². The number of aliphatic hydroxyl groups is 5. The number of nitrogens with zero attached hydrogens (tertiary/aromatic N) is 2. The van der Waals surface area contributed by atoms with Crippen molar-refractivity contribution in [3.05, 3.63) is 119 Å². The van der Waals surface area contributed by atoms with Crippen LogP contribution in [0.2, 0.25) is 0 Å². The van der Waals surface area contributed by atoms with E-state index in [9.17, 15) is 50.4 Å². The molecule has 4 aliphatic rings. The lowest BCUT2D eigenvalue weighted by Gasteiger charge is -2.44. The first kappa shape index (κ1) is 38.3. The number of hydrogen-bond acceptors (Lipinski definition) is 12. The Morgan fingerprint density at radius 2 is 1.75 bits per heavy atom. The van der Waals surface area contributed by atoms with E-state index in [1.807, 2.05) is 36.4 Å². The van der Waals surface area contributed by atoms with Crippen molar-refractivity contribution in [2.24, 2.45) is 5.92 Å². The molecule has 15 heteroatoms. The van der Waals surface area contributed by atoms with Crippen LogP contribution in [0.25, 0.3) is 6.08 Å². The number of allylic oxidation sites excluding steroid dienone is 1. The van der Waals surface area contributed by atoms with E-state index in [-0.39, 0.29) is 11.4 Å².